The molecule has 0 spiro atoms. The fourth-order valence-corrected chi connectivity index (χ4v) is 5.68. The first-order chi connectivity index (χ1) is 18.3. The summed E-state index contributed by atoms with van der Waals surface area (Å²) < 4.78 is 61.0. The molecule has 4 aromatic rings. The van der Waals surface area contributed by atoms with Crippen LogP contribution in [0.25, 0.3) is 17.3 Å². The molecule has 4 heterocycles. The van der Waals surface area contributed by atoms with Gasteiger partial charge in [0.1, 0.15) is 22.4 Å². The SMILES string of the molecule is COc1cccc(OC)c1-n1c(NS(=O)(=O)[C@@H]2C[C@H](O)CN(c3ncc(F)cn3)C2)nnc1-c1ccco1. The first-order valence-electron chi connectivity index (χ1n) is 11.4. The number of aliphatic hydroxyl groups is 1. The van der Waals surface area contributed by atoms with E-state index in [1.807, 2.05) is 0 Å². The topological polar surface area (TPSA) is 158 Å². The van der Waals surface area contributed by atoms with Crippen LogP contribution >= 0.6 is 0 Å². The number of sulfonamides is 1. The fraction of sp³-hybridized carbons (Fsp3) is 0.304. The lowest BCUT2D eigenvalue weighted by Gasteiger charge is -2.35. The predicted octanol–water partition coefficient (Wildman–Crippen LogP) is 1.86. The van der Waals surface area contributed by atoms with E-state index in [-0.39, 0.29) is 37.2 Å². The van der Waals surface area contributed by atoms with Gasteiger partial charge >= 0.3 is 0 Å². The van der Waals surface area contributed by atoms with Crippen LogP contribution in [-0.4, -0.2) is 76.9 Å². The number of nitrogens with zero attached hydrogens (tertiary/aromatic N) is 6. The molecule has 0 saturated carbocycles. The van der Waals surface area contributed by atoms with Gasteiger partial charge in [-0.3, -0.25) is 9.29 Å². The maximum atomic E-state index is 13.6. The molecule has 0 aliphatic carbocycles. The molecule has 0 amide bonds. The minimum absolute atomic E-state index is 0.0464. The second-order valence-electron chi connectivity index (χ2n) is 8.44. The molecule has 38 heavy (non-hydrogen) atoms. The van der Waals surface area contributed by atoms with Crippen molar-refractivity contribution in [2.45, 2.75) is 17.8 Å². The van der Waals surface area contributed by atoms with Crippen molar-refractivity contribution in [3.05, 3.63) is 54.8 Å². The Labute approximate surface area is 216 Å². The minimum atomic E-state index is -4.16. The number of piperidine rings is 1. The van der Waals surface area contributed by atoms with Crippen molar-refractivity contribution in [1.29, 1.82) is 0 Å². The van der Waals surface area contributed by atoms with Crippen molar-refractivity contribution in [2.24, 2.45) is 0 Å². The Morgan fingerprint density at radius 2 is 1.79 bits per heavy atom. The summed E-state index contributed by atoms with van der Waals surface area (Å²) in [6.45, 7) is 0.0457. The van der Waals surface area contributed by atoms with E-state index in [0.717, 1.165) is 12.4 Å². The molecule has 1 aliphatic rings. The molecule has 3 aromatic heterocycles. The maximum absolute atomic E-state index is 13.6. The third kappa shape index (κ3) is 4.84. The van der Waals surface area contributed by atoms with Crippen molar-refractivity contribution in [3.8, 4) is 28.8 Å². The summed E-state index contributed by atoms with van der Waals surface area (Å²) in [6.07, 6.45) is 2.36. The number of rotatable bonds is 8. The molecular weight excluding hydrogens is 521 g/mol. The quantitative estimate of drug-likeness (QED) is 0.333. The van der Waals surface area contributed by atoms with Crippen molar-refractivity contribution < 1.29 is 31.8 Å². The van der Waals surface area contributed by atoms with Crippen LogP contribution in [0.3, 0.4) is 0 Å². The standard InChI is InChI=1S/C23H24FN7O6S/c1-35-17-5-3-6-18(36-2)20(17)31-21(19-7-4-8-37-19)27-28-23(31)29-38(33,34)16-9-15(32)12-30(13-16)22-25-10-14(24)11-26-22/h3-8,10-11,15-16,32H,9,12-13H2,1-2H3,(H,28,29)/t15-,16+/m0/s1. The van der Waals surface area contributed by atoms with E-state index < -0.39 is 27.2 Å². The monoisotopic (exact) mass is 545 g/mol. The maximum Gasteiger partial charge on any atom is 0.243 e. The molecule has 13 nitrogen and oxygen atoms in total. The van der Waals surface area contributed by atoms with Gasteiger partial charge in [0, 0.05) is 13.1 Å². The highest BCUT2D eigenvalue weighted by molar-refractivity contribution is 7.93. The summed E-state index contributed by atoms with van der Waals surface area (Å²) in [7, 11) is -1.23. The van der Waals surface area contributed by atoms with E-state index in [9.17, 15) is 17.9 Å². The zero-order valence-electron chi connectivity index (χ0n) is 20.4. The Morgan fingerprint density at radius 3 is 2.42 bits per heavy atom. The average molecular weight is 546 g/mol. The number of β-amino-alcohol motifs (C(OH)–C–C–N with tert-alkyl or cyclic N) is 1. The highest BCUT2D eigenvalue weighted by atomic mass is 32.2. The van der Waals surface area contributed by atoms with Crippen LogP contribution in [-0.2, 0) is 10.0 Å². The lowest BCUT2D eigenvalue weighted by atomic mass is 10.1. The molecule has 0 radical (unpaired) electrons. The molecule has 5 rings (SSSR count). The Bertz CT molecular complexity index is 1490. The molecule has 2 N–H and O–H groups in total. The summed E-state index contributed by atoms with van der Waals surface area (Å²) in [5.74, 6) is 0.575. The van der Waals surface area contributed by atoms with Crippen LogP contribution < -0.4 is 19.1 Å². The molecule has 2 atom stereocenters. The van der Waals surface area contributed by atoms with Gasteiger partial charge in [-0.15, -0.1) is 10.2 Å². The van der Waals surface area contributed by atoms with Gasteiger partial charge < -0.3 is 23.9 Å². The van der Waals surface area contributed by atoms with Gasteiger partial charge in [-0.05, 0) is 30.7 Å². The third-order valence-electron chi connectivity index (χ3n) is 5.98. The zero-order chi connectivity index (χ0) is 26.9. The number of aliphatic hydroxyl groups excluding tert-OH is 1. The first kappa shape index (κ1) is 25.4. The number of anilines is 2. The van der Waals surface area contributed by atoms with Crippen LogP contribution in [0.4, 0.5) is 16.3 Å². The number of aromatic nitrogens is 5. The number of nitrogens with one attached hydrogen (secondary N) is 1. The molecule has 0 unspecified atom stereocenters. The van der Waals surface area contributed by atoms with Gasteiger partial charge in [0.15, 0.2) is 11.6 Å². The number of benzene rings is 1. The van der Waals surface area contributed by atoms with E-state index in [4.69, 9.17) is 13.9 Å². The van der Waals surface area contributed by atoms with Crippen LogP contribution in [0, 0.1) is 5.82 Å². The number of ether oxygens (including phenoxy) is 2. The first-order valence-corrected chi connectivity index (χ1v) is 13.0. The highest BCUT2D eigenvalue weighted by Crippen LogP contribution is 2.38. The van der Waals surface area contributed by atoms with E-state index in [2.05, 4.69) is 24.9 Å². The molecule has 15 heteroatoms. The summed E-state index contributed by atoms with van der Waals surface area (Å²) >= 11 is 0. The molecule has 0 bridgehead atoms. The Kier molecular flexibility index (Phi) is 6.86. The summed E-state index contributed by atoms with van der Waals surface area (Å²) in [4.78, 5) is 9.30. The number of furan rings is 1. The third-order valence-corrected chi connectivity index (χ3v) is 7.67. The van der Waals surface area contributed by atoms with Gasteiger partial charge in [0.2, 0.25) is 27.7 Å². The van der Waals surface area contributed by atoms with Crippen LogP contribution in [0.5, 0.6) is 11.5 Å². The lowest BCUT2D eigenvalue weighted by Crippen LogP contribution is -2.50. The van der Waals surface area contributed by atoms with Crippen molar-refractivity contribution in [2.75, 3.05) is 36.9 Å². The predicted molar refractivity (Wildman–Crippen MR) is 133 cm³/mol. The summed E-state index contributed by atoms with van der Waals surface area (Å²) in [6, 6.07) is 8.39. The average Bonchev–Trinajstić information content (AvgIpc) is 3.58. The number of hydrogen-bond donors (Lipinski definition) is 2. The van der Waals surface area contributed by atoms with E-state index in [1.165, 1.54) is 29.9 Å². The molecule has 200 valence electrons. The molecular formula is C23H24FN7O6S. The van der Waals surface area contributed by atoms with Gasteiger partial charge in [-0.2, -0.15) is 0 Å². The number of hydrogen-bond acceptors (Lipinski definition) is 11. The van der Waals surface area contributed by atoms with Gasteiger partial charge in [0.25, 0.3) is 0 Å². The van der Waals surface area contributed by atoms with Gasteiger partial charge in [0.05, 0.1) is 39.0 Å². The second kappa shape index (κ2) is 10.3. The van der Waals surface area contributed by atoms with E-state index in [1.54, 1.807) is 30.3 Å². The van der Waals surface area contributed by atoms with Crippen molar-refractivity contribution in [1.82, 2.24) is 24.7 Å². The Hall–Kier alpha value is -4.24. The van der Waals surface area contributed by atoms with Crippen LogP contribution in [0.15, 0.2) is 53.4 Å². The zero-order valence-corrected chi connectivity index (χ0v) is 21.2. The van der Waals surface area contributed by atoms with E-state index >= 15 is 0 Å². The molecule has 1 aromatic carbocycles. The Morgan fingerprint density at radius 1 is 1.08 bits per heavy atom. The van der Waals surface area contributed by atoms with Crippen LogP contribution in [0.2, 0.25) is 0 Å². The van der Waals surface area contributed by atoms with E-state index in [0.29, 0.717) is 22.9 Å². The molecule has 1 fully saturated rings. The Balaban J connectivity index is 1.54. The van der Waals surface area contributed by atoms with Gasteiger partial charge in [-0.1, -0.05) is 6.07 Å². The van der Waals surface area contributed by atoms with Crippen LogP contribution in [0.1, 0.15) is 6.42 Å². The smallest absolute Gasteiger partial charge is 0.243 e. The number of methoxy groups -OCH3 is 2. The number of para-hydroxylation sites is 1. The van der Waals surface area contributed by atoms with Crippen molar-refractivity contribution >= 4 is 21.9 Å². The summed E-state index contributed by atoms with van der Waals surface area (Å²) in [5.41, 5.74) is 0.344. The second-order valence-corrected chi connectivity index (χ2v) is 10.4. The van der Waals surface area contributed by atoms with Crippen molar-refractivity contribution in [3.63, 3.8) is 0 Å². The molecule has 1 aliphatic heterocycles. The largest absolute Gasteiger partial charge is 0.494 e. The normalized spacial score (nSPS) is 17.8. The van der Waals surface area contributed by atoms with Gasteiger partial charge in [-0.25, -0.2) is 22.8 Å². The number of halogens is 1. The minimum Gasteiger partial charge on any atom is -0.494 e. The fourth-order valence-electron chi connectivity index (χ4n) is 4.27. The highest BCUT2D eigenvalue weighted by Gasteiger charge is 2.37. The molecule has 1 saturated heterocycles. The lowest BCUT2D eigenvalue weighted by molar-refractivity contribution is 0.154. The summed E-state index contributed by atoms with van der Waals surface area (Å²) in [5, 5.41) is 17.6.